The summed E-state index contributed by atoms with van der Waals surface area (Å²) in [6.07, 6.45) is 0.0359. The number of benzene rings is 2. The van der Waals surface area contributed by atoms with Crippen LogP contribution in [0.4, 0.5) is 5.69 Å². The monoisotopic (exact) mass is 331 g/mol. The summed E-state index contributed by atoms with van der Waals surface area (Å²) in [4.78, 5) is 12.5. The van der Waals surface area contributed by atoms with Crippen LogP contribution in [-0.2, 0) is 4.79 Å². The van der Waals surface area contributed by atoms with Crippen LogP contribution in [0.1, 0.15) is 30.0 Å². The number of carbonyl (C=O) groups is 1. The van der Waals surface area contributed by atoms with Gasteiger partial charge in [-0.3, -0.25) is 4.79 Å². The third-order valence-corrected chi connectivity index (χ3v) is 4.35. The van der Waals surface area contributed by atoms with Gasteiger partial charge in [0.15, 0.2) is 6.10 Å². The van der Waals surface area contributed by atoms with Gasteiger partial charge in [0.2, 0.25) is 0 Å². The van der Waals surface area contributed by atoms with E-state index in [4.69, 9.17) is 16.3 Å². The molecule has 2 rings (SSSR count). The van der Waals surface area contributed by atoms with Crippen molar-refractivity contribution in [2.75, 3.05) is 5.32 Å². The molecule has 122 valence electrons. The molecular formula is C19H22ClNO2. The van der Waals surface area contributed by atoms with E-state index in [1.807, 2.05) is 58.0 Å². The molecule has 0 saturated heterocycles. The number of rotatable bonds is 5. The van der Waals surface area contributed by atoms with Crippen LogP contribution in [0, 0.1) is 20.8 Å². The lowest BCUT2D eigenvalue weighted by Crippen LogP contribution is -2.32. The minimum absolute atomic E-state index is 0.170. The lowest BCUT2D eigenvalue weighted by atomic mass is 10.1. The van der Waals surface area contributed by atoms with Crippen LogP contribution in [0.3, 0.4) is 0 Å². The molecule has 23 heavy (non-hydrogen) atoms. The minimum Gasteiger partial charge on any atom is -0.481 e. The predicted molar refractivity (Wildman–Crippen MR) is 95.4 cm³/mol. The summed E-state index contributed by atoms with van der Waals surface area (Å²) >= 11 is 6.09. The first kappa shape index (κ1) is 17.4. The van der Waals surface area contributed by atoms with Crippen molar-refractivity contribution in [1.29, 1.82) is 0 Å². The van der Waals surface area contributed by atoms with Crippen molar-refractivity contribution in [1.82, 2.24) is 0 Å². The summed E-state index contributed by atoms with van der Waals surface area (Å²) in [5.74, 6) is 0.536. The second-order valence-corrected chi connectivity index (χ2v) is 6.07. The van der Waals surface area contributed by atoms with Crippen LogP contribution < -0.4 is 10.1 Å². The van der Waals surface area contributed by atoms with Crippen LogP contribution in [0.2, 0.25) is 5.02 Å². The van der Waals surface area contributed by atoms with Crippen molar-refractivity contribution < 1.29 is 9.53 Å². The maximum atomic E-state index is 12.5. The van der Waals surface area contributed by atoms with Gasteiger partial charge in [0.1, 0.15) is 5.75 Å². The zero-order chi connectivity index (χ0) is 17.0. The highest BCUT2D eigenvalue weighted by atomic mass is 35.5. The minimum atomic E-state index is -0.546. The summed E-state index contributed by atoms with van der Waals surface area (Å²) in [5.41, 5.74) is 3.90. The normalized spacial score (nSPS) is 11.9. The summed E-state index contributed by atoms with van der Waals surface area (Å²) in [6, 6.07) is 11.3. The molecule has 1 N–H and O–H groups in total. The smallest absolute Gasteiger partial charge is 0.265 e. The Kier molecular flexibility index (Phi) is 5.67. The van der Waals surface area contributed by atoms with Gasteiger partial charge in [-0.25, -0.2) is 0 Å². The predicted octanol–water partition coefficient (Wildman–Crippen LogP) is 5.06. The van der Waals surface area contributed by atoms with Gasteiger partial charge in [-0.15, -0.1) is 0 Å². The zero-order valence-corrected chi connectivity index (χ0v) is 14.7. The highest BCUT2D eigenvalue weighted by molar-refractivity contribution is 6.31. The molecule has 0 spiro atoms. The number of halogens is 1. The molecule has 0 aliphatic rings. The van der Waals surface area contributed by atoms with Gasteiger partial charge >= 0.3 is 0 Å². The Morgan fingerprint density at radius 1 is 1.17 bits per heavy atom. The SMILES string of the molecule is CC[C@H](Oc1ccc(C)c(C)c1)C(=O)Nc1cccc(Cl)c1C. The Morgan fingerprint density at radius 2 is 1.91 bits per heavy atom. The van der Waals surface area contributed by atoms with Crippen LogP contribution in [0.5, 0.6) is 5.75 Å². The molecule has 4 heteroatoms. The molecular weight excluding hydrogens is 310 g/mol. The lowest BCUT2D eigenvalue weighted by Gasteiger charge is -2.19. The van der Waals surface area contributed by atoms with Crippen LogP contribution >= 0.6 is 11.6 Å². The lowest BCUT2D eigenvalue weighted by molar-refractivity contribution is -0.122. The molecule has 2 aromatic rings. The Morgan fingerprint density at radius 3 is 2.57 bits per heavy atom. The van der Waals surface area contributed by atoms with E-state index in [-0.39, 0.29) is 5.91 Å². The van der Waals surface area contributed by atoms with Gasteiger partial charge in [0.25, 0.3) is 5.91 Å². The highest BCUT2D eigenvalue weighted by Crippen LogP contribution is 2.24. The van der Waals surface area contributed by atoms with Crippen molar-refractivity contribution in [3.05, 3.63) is 58.1 Å². The molecule has 0 radical (unpaired) electrons. The van der Waals surface area contributed by atoms with Gasteiger partial charge in [0.05, 0.1) is 0 Å². The van der Waals surface area contributed by atoms with Crippen molar-refractivity contribution in [3.8, 4) is 5.75 Å². The fourth-order valence-corrected chi connectivity index (χ4v) is 2.40. The molecule has 0 aromatic heterocycles. The van der Waals surface area contributed by atoms with Gasteiger partial charge in [-0.05, 0) is 68.1 Å². The Balaban J connectivity index is 2.12. The zero-order valence-electron chi connectivity index (χ0n) is 13.9. The number of ether oxygens (including phenoxy) is 1. The highest BCUT2D eigenvalue weighted by Gasteiger charge is 2.19. The van der Waals surface area contributed by atoms with Gasteiger partial charge < -0.3 is 10.1 Å². The molecule has 0 unspecified atom stereocenters. The molecule has 0 aliphatic heterocycles. The molecule has 3 nitrogen and oxygen atoms in total. The number of carbonyl (C=O) groups excluding carboxylic acids is 1. The summed E-state index contributed by atoms with van der Waals surface area (Å²) in [6.45, 7) is 7.88. The molecule has 1 atom stereocenters. The van der Waals surface area contributed by atoms with Gasteiger partial charge in [0, 0.05) is 10.7 Å². The summed E-state index contributed by atoms with van der Waals surface area (Å²) < 4.78 is 5.86. The van der Waals surface area contributed by atoms with E-state index < -0.39 is 6.10 Å². The Labute approximate surface area is 142 Å². The molecule has 0 saturated carbocycles. The fraction of sp³-hybridized carbons (Fsp3) is 0.316. The largest absolute Gasteiger partial charge is 0.481 e. The molecule has 0 fully saturated rings. The van der Waals surface area contributed by atoms with E-state index in [1.54, 1.807) is 6.07 Å². The first-order valence-electron chi connectivity index (χ1n) is 7.72. The first-order valence-corrected chi connectivity index (χ1v) is 8.10. The second-order valence-electron chi connectivity index (χ2n) is 5.66. The average Bonchev–Trinajstić information content (AvgIpc) is 2.52. The first-order chi connectivity index (χ1) is 10.9. The fourth-order valence-electron chi connectivity index (χ4n) is 2.23. The van der Waals surface area contributed by atoms with Crippen molar-refractivity contribution >= 4 is 23.2 Å². The van der Waals surface area contributed by atoms with Gasteiger partial charge in [-0.2, -0.15) is 0 Å². The van der Waals surface area contributed by atoms with E-state index in [9.17, 15) is 4.79 Å². The number of amides is 1. The van der Waals surface area contributed by atoms with Crippen LogP contribution in [0.25, 0.3) is 0 Å². The third kappa shape index (κ3) is 4.26. The number of hydrogen-bond donors (Lipinski definition) is 1. The van der Waals surface area contributed by atoms with Crippen LogP contribution in [0.15, 0.2) is 36.4 Å². The second kappa shape index (κ2) is 7.51. The van der Waals surface area contributed by atoms with Crippen LogP contribution in [-0.4, -0.2) is 12.0 Å². The number of nitrogens with one attached hydrogen (secondary N) is 1. The van der Waals surface area contributed by atoms with Crippen molar-refractivity contribution in [2.24, 2.45) is 0 Å². The maximum Gasteiger partial charge on any atom is 0.265 e. The summed E-state index contributed by atoms with van der Waals surface area (Å²) in [7, 11) is 0. The topological polar surface area (TPSA) is 38.3 Å². The van der Waals surface area contributed by atoms with E-state index in [2.05, 4.69) is 5.32 Å². The maximum absolute atomic E-state index is 12.5. The molecule has 0 aliphatic carbocycles. The van der Waals surface area contributed by atoms with Crippen molar-refractivity contribution in [2.45, 2.75) is 40.2 Å². The number of anilines is 1. The number of hydrogen-bond acceptors (Lipinski definition) is 2. The molecule has 0 bridgehead atoms. The average molecular weight is 332 g/mol. The molecule has 0 heterocycles. The quantitative estimate of drug-likeness (QED) is 0.831. The summed E-state index contributed by atoms with van der Waals surface area (Å²) in [5, 5.41) is 3.53. The third-order valence-electron chi connectivity index (χ3n) is 3.95. The Hall–Kier alpha value is -2.00. The van der Waals surface area contributed by atoms with Crippen molar-refractivity contribution in [3.63, 3.8) is 0 Å². The Bertz CT molecular complexity index is 713. The van der Waals surface area contributed by atoms with Gasteiger partial charge in [-0.1, -0.05) is 30.7 Å². The van der Waals surface area contributed by atoms with E-state index >= 15 is 0 Å². The van der Waals surface area contributed by atoms with E-state index in [1.165, 1.54) is 5.56 Å². The molecule has 1 amide bonds. The number of aryl methyl sites for hydroxylation is 2. The van der Waals surface area contributed by atoms with E-state index in [0.717, 1.165) is 11.1 Å². The molecule has 2 aromatic carbocycles. The van der Waals surface area contributed by atoms with E-state index in [0.29, 0.717) is 22.9 Å². The standard InChI is InChI=1S/C19H22ClNO2/c1-5-18(23-15-10-9-12(2)13(3)11-15)19(22)21-17-8-6-7-16(20)14(17)4/h6-11,18H,5H2,1-4H3,(H,21,22)/t18-/m0/s1.